The van der Waals surface area contributed by atoms with Crippen molar-refractivity contribution in [3.05, 3.63) is 52.8 Å². The lowest BCUT2D eigenvalue weighted by Crippen LogP contribution is -1.97. The van der Waals surface area contributed by atoms with Crippen molar-refractivity contribution in [1.29, 1.82) is 0 Å². The van der Waals surface area contributed by atoms with E-state index in [4.69, 9.17) is 9.26 Å². The highest BCUT2D eigenvalue weighted by Gasteiger charge is 2.12. The first-order valence-corrected chi connectivity index (χ1v) is 6.80. The van der Waals surface area contributed by atoms with Crippen LogP contribution in [-0.2, 0) is 6.42 Å². The van der Waals surface area contributed by atoms with Gasteiger partial charge in [0.15, 0.2) is 5.69 Å². The first-order chi connectivity index (χ1) is 10.3. The van der Waals surface area contributed by atoms with Crippen molar-refractivity contribution in [1.82, 2.24) is 5.16 Å². The average molecular weight is 288 g/mol. The largest absolute Gasteiger partial charge is 0.494 e. The van der Waals surface area contributed by atoms with Gasteiger partial charge in [-0.2, -0.15) is 0 Å². The van der Waals surface area contributed by atoms with Crippen LogP contribution in [-0.4, -0.2) is 17.7 Å². The monoisotopic (exact) mass is 288 g/mol. The number of ether oxygens (including phenoxy) is 1. The van der Waals surface area contributed by atoms with Crippen LogP contribution in [0.3, 0.4) is 0 Å². The summed E-state index contributed by atoms with van der Waals surface area (Å²) in [6.45, 7) is 0.666. The van der Waals surface area contributed by atoms with Gasteiger partial charge in [0.2, 0.25) is 0 Å². The van der Waals surface area contributed by atoms with E-state index >= 15 is 0 Å². The zero-order valence-corrected chi connectivity index (χ0v) is 11.5. The number of aryl methyl sites for hydroxylation is 1. The number of hydrogen-bond acceptors (Lipinski definition) is 5. The fourth-order valence-corrected chi connectivity index (χ4v) is 1.86. The van der Waals surface area contributed by atoms with Gasteiger partial charge in [-0.1, -0.05) is 23.4 Å². The van der Waals surface area contributed by atoms with Crippen molar-refractivity contribution >= 4 is 5.91 Å². The Morgan fingerprint density at radius 1 is 1.19 bits per heavy atom. The van der Waals surface area contributed by atoms with Crippen molar-refractivity contribution in [3.63, 3.8) is 0 Å². The number of para-hydroxylation sites is 1. The Hall–Kier alpha value is -2.50. The highest BCUT2D eigenvalue weighted by Crippen LogP contribution is 2.11. The molecule has 0 saturated heterocycles. The standard InChI is InChI=1S/C15H16N2O4/c18-15(16-19)14-11-13(21-17-14)9-5-2-6-10-20-12-7-3-1-4-8-12/h1,3-4,7-8,11H,2,5-6,9-10H2. The Kier molecular flexibility index (Phi) is 5.63. The topological polar surface area (TPSA) is 81.8 Å². The molecule has 6 heteroatoms. The number of nitrogens with zero attached hydrogens (tertiary/aromatic N) is 2. The summed E-state index contributed by atoms with van der Waals surface area (Å²) in [5.41, 5.74) is -0.0348. The molecule has 1 amide bonds. The van der Waals surface area contributed by atoms with Crippen LogP contribution in [0.4, 0.5) is 0 Å². The normalized spacial score (nSPS) is 10.3. The van der Waals surface area contributed by atoms with E-state index in [1.54, 1.807) is 0 Å². The van der Waals surface area contributed by atoms with Gasteiger partial charge < -0.3 is 9.26 Å². The molecule has 1 heterocycles. The second-order valence-corrected chi connectivity index (χ2v) is 4.55. The lowest BCUT2D eigenvalue weighted by molar-refractivity contribution is 0.0992. The van der Waals surface area contributed by atoms with Gasteiger partial charge in [-0.05, 0) is 31.4 Å². The molecule has 1 aromatic carbocycles. The lowest BCUT2D eigenvalue weighted by Gasteiger charge is -2.04. The molecule has 1 aromatic heterocycles. The smallest absolute Gasteiger partial charge is 0.338 e. The quantitative estimate of drug-likeness (QED) is 0.549. The number of carbonyl (C=O) groups is 1. The molecule has 0 N–H and O–H groups in total. The number of amides is 1. The van der Waals surface area contributed by atoms with Crippen molar-refractivity contribution in [3.8, 4) is 5.75 Å². The van der Waals surface area contributed by atoms with Gasteiger partial charge in [0.25, 0.3) is 0 Å². The van der Waals surface area contributed by atoms with Gasteiger partial charge in [0.1, 0.15) is 11.5 Å². The molecule has 2 aromatic rings. The van der Waals surface area contributed by atoms with Gasteiger partial charge in [0, 0.05) is 17.7 Å². The summed E-state index contributed by atoms with van der Waals surface area (Å²) in [4.78, 5) is 21.0. The molecule has 0 unspecified atom stereocenters. The van der Waals surface area contributed by atoms with Gasteiger partial charge in [-0.25, -0.2) is 0 Å². The fraction of sp³-hybridized carbons (Fsp3) is 0.333. The Morgan fingerprint density at radius 2 is 2.00 bits per heavy atom. The summed E-state index contributed by atoms with van der Waals surface area (Å²) in [6, 6.07) is 11.1. The average Bonchev–Trinajstić information content (AvgIpc) is 3.00. The Morgan fingerprint density at radius 3 is 2.76 bits per heavy atom. The van der Waals surface area contributed by atoms with Gasteiger partial charge in [-0.15, -0.1) is 4.91 Å². The molecule has 6 nitrogen and oxygen atoms in total. The van der Waals surface area contributed by atoms with Crippen LogP contribution in [0, 0.1) is 4.91 Å². The van der Waals surface area contributed by atoms with Gasteiger partial charge >= 0.3 is 5.91 Å². The molecule has 0 spiro atoms. The SMILES string of the molecule is O=NC(=O)c1cc(CCCCCOc2ccccc2)on1. The van der Waals surface area contributed by atoms with Crippen LogP contribution in [0.15, 0.2) is 46.1 Å². The Balaban J connectivity index is 1.60. The number of rotatable bonds is 8. The van der Waals surface area contributed by atoms with Gasteiger partial charge in [0.05, 0.1) is 6.61 Å². The molecule has 21 heavy (non-hydrogen) atoms. The number of unbranched alkanes of at least 4 members (excludes halogenated alkanes) is 2. The van der Waals surface area contributed by atoms with E-state index in [0.29, 0.717) is 18.8 Å². The summed E-state index contributed by atoms with van der Waals surface area (Å²) >= 11 is 0. The van der Waals surface area contributed by atoms with E-state index in [1.807, 2.05) is 30.3 Å². The third kappa shape index (κ3) is 4.83. The Labute approximate surface area is 122 Å². The summed E-state index contributed by atoms with van der Waals surface area (Å²) < 4.78 is 10.5. The molecule has 0 radical (unpaired) electrons. The molecule has 2 rings (SSSR count). The first-order valence-electron chi connectivity index (χ1n) is 6.80. The van der Waals surface area contributed by atoms with Crippen LogP contribution in [0.5, 0.6) is 5.75 Å². The maximum Gasteiger partial charge on any atom is 0.338 e. The summed E-state index contributed by atoms with van der Waals surface area (Å²) in [5, 5.41) is 5.79. The molecule has 110 valence electrons. The van der Waals surface area contributed by atoms with Crippen LogP contribution in [0.2, 0.25) is 0 Å². The summed E-state index contributed by atoms with van der Waals surface area (Å²) in [6.07, 6.45) is 3.48. The summed E-state index contributed by atoms with van der Waals surface area (Å²) in [7, 11) is 0. The predicted molar refractivity (Wildman–Crippen MR) is 76.1 cm³/mol. The van der Waals surface area contributed by atoms with E-state index < -0.39 is 5.91 Å². The molecule has 0 aliphatic rings. The van der Waals surface area contributed by atoms with E-state index in [2.05, 4.69) is 10.3 Å². The summed E-state index contributed by atoms with van der Waals surface area (Å²) in [5.74, 6) is 0.560. The van der Waals surface area contributed by atoms with Crippen molar-refractivity contribution in [2.75, 3.05) is 6.61 Å². The minimum Gasteiger partial charge on any atom is -0.494 e. The van der Waals surface area contributed by atoms with E-state index in [9.17, 15) is 9.70 Å². The minimum atomic E-state index is -0.902. The number of aromatic nitrogens is 1. The second-order valence-electron chi connectivity index (χ2n) is 4.55. The lowest BCUT2D eigenvalue weighted by atomic mass is 10.1. The molecular weight excluding hydrogens is 272 g/mol. The zero-order chi connectivity index (χ0) is 14.9. The highest BCUT2D eigenvalue weighted by molar-refractivity contribution is 5.92. The molecule has 0 aliphatic carbocycles. The number of carbonyl (C=O) groups excluding carboxylic acids is 1. The third-order valence-electron chi connectivity index (χ3n) is 2.94. The van der Waals surface area contributed by atoms with E-state index in [-0.39, 0.29) is 5.69 Å². The Bertz CT molecular complexity index is 580. The molecular formula is C15H16N2O4. The van der Waals surface area contributed by atoms with Crippen LogP contribution in [0.25, 0.3) is 0 Å². The van der Waals surface area contributed by atoms with Crippen molar-refractivity contribution < 1.29 is 14.1 Å². The van der Waals surface area contributed by atoms with Crippen LogP contribution >= 0.6 is 0 Å². The highest BCUT2D eigenvalue weighted by atomic mass is 16.5. The van der Waals surface area contributed by atoms with Crippen LogP contribution < -0.4 is 4.74 Å². The molecule has 0 aliphatic heterocycles. The van der Waals surface area contributed by atoms with Gasteiger partial charge in [-0.3, -0.25) is 4.79 Å². The van der Waals surface area contributed by atoms with Crippen molar-refractivity contribution in [2.45, 2.75) is 25.7 Å². The molecule has 0 fully saturated rings. The minimum absolute atomic E-state index is 0.0348. The molecule has 0 saturated carbocycles. The van der Waals surface area contributed by atoms with E-state index in [0.717, 1.165) is 25.0 Å². The maximum atomic E-state index is 11.0. The first kappa shape index (κ1) is 14.9. The van der Waals surface area contributed by atoms with E-state index in [1.165, 1.54) is 6.07 Å². The fourth-order valence-electron chi connectivity index (χ4n) is 1.86. The maximum absolute atomic E-state index is 11.0. The number of nitroso groups, excluding NO2 is 1. The van der Waals surface area contributed by atoms with Crippen LogP contribution in [0.1, 0.15) is 35.5 Å². The molecule has 0 atom stereocenters. The zero-order valence-electron chi connectivity index (χ0n) is 11.5. The number of benzene rings is 1. The third-order valence-corrected chi connectivity index (χ3v) is 2.94. The number of hydrogen-bond donors (Lipinski definition) is 0. The van der Waals surface area contributed by atoms with Crippen molar-refractivity contribution in [2.24, 2.45) is 5.18 Å². The second kappa shape index (κ2) is 7.94. The predicted octanol–water partition coefficient (Wildman–Crippen LogP) is 3.37. The molecule has 0 bridgehead atoms.